The van der Waals surface area contributed by atoms with E-state index < -0.39 is 10.7 Å². The van der Waals surface area contributed by atoms with Crippen LogP contribution in [0.3, 0.4) is 0 Å². The molecule has 0 fully saturated rings. The van der Waals surface area contributed by atoms with Gasteiger partial charge >= 0.3 is 5.69 Å². The highest BCUT2D eigenvalue weighted by molar-refractivity contribution is 5.87. The molecule has 2 aromatic carbocycles. The summed E-state index contributed by atoms with van der Waals surface area (Å²) in [6, 6.07) is 10.4. The number of nitro benzene ring substituents is 1. The lowest BCUT2D eigenvalue weighted by atomic mass is 9.72. The fourth-order valence-corrected chi connectivity index (χ4v) is 3.85. The molecule has 0 saturated carbocycles. The fraction of sp³-hybridized carbons (Fsp3) is 0.480. The van der Waals surface area contributed by atoms with Gasteiger partial charge in [-0.15, -0.1) is 0 Å². The number of aliphatic imine (C=N–C) groups is 1. The minimum absolute atomic E-state index is 0.0713. The van der Waals surface area contributed by atoms with Crippen molar-refractivity contribution in [2.45, 2.75) is 66.2 Å². The predicted molar refractivity (Wildman–Crippen MR) is 126 cm³/mol. The third kappa shape index (κ3) is 6.81. The zero-order valence-corrected chi connectivity index (χ0v) is 19.4. The molecule has 0 aliphatic heterocycles. The Morgan fingerprint density at radius 2 is 1.87 bits per heavy atom. The fourth-order valence-electron chi connectivity index (χ4n) is 3.85. The van der Waals surface area contributed by atoms with E-state index in [4.69, 9.17) is 4.74 Å². The molecule has 2 aromatic rings. The van der Waals surface area contributed by atoms with Crippen LogP contribution in [0.25, 0.3) is 0 Å². The van der Waals surface area contributed by atoms with Gasteiger partial charge in [0.1, 0.15) is 11.4 Å². The number of para-hydroxylation sites is 1. The highest BCUT2D eigenvalue weighted by atomic mass is 16.6. The summed E-state index contributed by atoms with van der Waals surface area (Å²) >= 11 is 0. The van der Waals surface area contributed by atoms with Gasteiger partial charge < -0.3 is 9.84 Å². The standard InChI is InChI=1S/C25H34N2O4/c1-7-8-14-31-22-13-12-19(25(5,6)17-24(2,3)4)15-20(22)26-16-18-10-9-11-21(23(18)28)27(29)30/h9-13,15-16,28H,7-8,14,17H2,1-6H3. The Bertz CT molecular complexity index is 943. The first-order valence-electron chi connectivity index (χ1n) is 10.7. The van der Waals surface area contributed by atoms with Gasteiger partial charge in [0.05, 0.1) is 11.5 Å². The number of hydrogen-bond acceptors (Lipinski definition) is 5. The summed E-state index contributed by atoms with van der Waals surface area (Å²) in [7, 11) is 0. The van der Waals surface area contributed by atoms with Gasteiger partial charge in [-0.25, -0.2) is 0 Å². The molecule has 1 N–H and O–H groups in total. The molecule has 0 unspecified atom stereocenters. The van der Waals surface area contributed by atoms with Crippen LogP contribution in [0.15, 0.2) is 41.4 Å². The summed E-state index contributed by atoms with van der Waals surface area (Å²) in [4.78, 5) is 15.0. The van der Waals surface area contributed by atoms with Crippen molar-refractivity contribution in [1.82, 2.24) is 0 Å². The van der Waals surface area contributed by atoms with Gasteiger partial charge in [-0.05, 0) is 47.4 Å². The third-order valence-corrected chi connectivity index (χ3v) is 5.05. The highest BCUT2D eigenvalue weighted by Gasteiger charge is 2.28. The Morgan fingerprint density at radius 1 is 1.16 bits per heavy atom. The second kappa shape index (κ2) is 9.94. The zero-order valence-electron chi connectivity index (χ0n) is 19.4. The topological polar surface area (TPSA) is 85.0 Å². The largest absolute Gasteiger partial charge is 0.502 e. The summed E-state index contributed by atoms with van der Waals surface area (Å²) in [5.41, 5.74) is 1.81. The van der Waals surface area contributed by atoms with Crippen molar-refractivity contribution in [1.29, 1.82) is 0 Å². The Kier molecular flexibility index (Phi) is 7.82. The molecule has 0 amide bonds. The van der Waals surface area contributed by atoms with Gasteiger partial charge in [0.15, 0.2) is 0 Å². The monoisotopic (exact) mass is 426 g/mol. The predicted octanol–water partition coefficient (Wildman–Crippen LogP) is 6.94. The number of unbranched alkanes of at least 4 members (excludes halogenated alkanes) is 1. The molecule has 31 heavy (non-hydrogen) atoms. The Labute approximate surface area is 185 Å². The number of phenolic OH excluding ortho intramolecular Hbond substituents is 1. The smallest absolute Gasteiger partial charge is 0.311 e. The van der Waals surface area contributed by atoms with Gasteiger partial charge in [-0.3, -0.25) is 15.1 Å². The van der Waals surface area contributed by atoms with Crippen LogP contribution < -0.4 is 4.74 Å². The van der Waals surface area contributed by atoms with E-state index in [1.165, 1.54) is 18.3 Å². The molecular weight excluding hydrogens is 392 g/mol. The Morgan fingerprint density at radius 3 is 2.48 bits per heavy atom. The van der Waals surface area contributed by atoms with Crippen LogP contribution in [0.2, 0.25) is 0 Å². The normalized spacial score (nSPS) is 12.3. The lowest BCUT2D eigenvalue weighted by Gasteiger charge is -2.33. The molecule has 0 heterocycles. The van der Waals surface area contributed by atoms with Gasteiger partial charge in [0.25, 0.3) is 0 Å². The maximum absolute atomic E-state index is 11.1. The molecule has 6 nitrogen and oxygen atoms in total. The van der Waals surface area contributed by atoms with Gasteiger partial charge in [-0.2, -0.15) is 0 Å². The van der Waals surface area contributed by atoms with Crippen LogP contribution in [0.4, 0.5) is 11.4 Å². The van der Waals surface area contributed by atoms with Crippen molar-refractivity contribution in [3.05, 3.63) is 57.6 Å². The molecule has 0 aliphatic carbocycles. The number of rotatable bonds is 9. The van der Waals surface area contributed by atoms with Gasteiger partial charge in [0, 0.05) is 17.8 Å². The van der Waals surface area contributed by atoms with E-state index in [0.29, 0.717) is 18.0 Å². The Hall–Kier alpha value is -2.89. The molecular formula is C25H34N2O4. The SMILES string of the molecule is CCCCOc1ccc(C(C)(C)CC(C)(C)C)cc1N=Cc1cccc([N+](=O)[O-])c1O. The van der Waals surface area contributed by atoms with Crippen LogP contribution in [0.5, 0.6) is 11.5 Å². The number of aromatic hydroxyl groups is 1. The van der Waals surface area contributed by atoms with E-state index in [0.717, 1.165) is 24.8 Å². The summed E-state index contributed by atoms with van der Waals surface area (Å²) in [6.07, 6.45) is 4.40. The number of nitrogens with zero attached hydrogens (tertiary/aromatic N) is 2. The average molecular weight is 427 g/mol. The number of nitro groups is 1. The molecule has 168 valence electrons. The van der Waals surface area contributed by atoms with Crippen molar-refractivity contribution in [3.8, 4) is 11.5 Å². The van der Waals surface area contributed by atoms with Crippen molar-refractivity contribution in [3.63, 3.8) is 0 Å². The molecule has 0 bridgehead atoms. The molecule has 0 saturated heterocycles. The summed E-state index contributed by atoms with van der Waals surface area (Å²) < 4.78 is 5.94. The van der Waals surface area contributed by atoms with Crippen LogP contribution >= 0.6 is 0 Å². The Balaban J connectivity index is 2.46. The molecule has 6 heteroatoms. The summed E-state index contributed by atoms with van der Waals surface area (Å²) in [6.45, 7) is 13.8. The van der Waals surface area contributed by atoms with Crippen LogP contribution in [0.1, 0.15) is 71.9 Å². The maximum Gasteiger partial charge on any atom is 0.311 e. The highest BCUT2D eigenvalue weighted by Crippen LogP contribution is 2.40. The molecule has 0 spiro atoms. The molecule has 2 rings (SSSR count). The van der Waals surface area contributed by atoms with Crippen molar-refractivity contribution >= 4 is 17.6 Å². The van der Waals surface area contributed by atoms with E-state index >= 15 is 0 Å². The summed E-state index contributed by atoms with van der Waals surface area (Å²) in [5.74, 6) is 0.263. The van der Waals surface area contributed by atoms with Crippen LogP contribution in [-0.2, 0) is 5.41 Å². The van der Waals surface area contributed by atoms with Crippen molar-refractivity contribution < 1.29 is 14.8 Å². The van der Waals surface area contributed by atoms with Crippen LogP contribution in [-0.4, -0.2) is 22.9 Å². The first-order chi connectivity index (χ1) is 14.4. The number of benzene rings is 2. The minimum atomic E-state index is -0.610. The van der Waals surface area contributed by atoms with E-state index in [9.17, 15) is 15.2 Å². The summed E-state index contributed by atoms with van der Waals surface area (Å²) in [5, 5.41) is 21.3. The first-order valence-corrected chi connectivity index (χ1v) is 10.7. The number of phenols is 1. The van der Waals surface area contributed by atoms with E-state index in [1.807, 2.05) is 12.1 Å². The van der Waals surface area contributed by atoms with E-state index in [1.54, 1.807) is 6.07 Å². The first kappa shape index (κ1) is 24.4. The van der Waals surface area contributed by atoms with Crippen molar-refractivity contribution in [2.24, 2.45) is 10.4 Å². The average Bonchev–Trinajstić information content (AvgIpc) is 2.66. The van der Waals surface area contributed by atoms with E-state index in [2.05, 4.69) is 52.6 Å². The number of ether oxygens (including phenoxy) is 1. The minimum Gasteiger partial charge on any atom is -0.502 e. The van der Waals surface area contributed by atoms with E-state index in [-0.39, 0.29) is 22.1 Å². The second-order valence-electron chi connectivity index (χ2n) is 9.74. The van der Waals surface area contributed by atoms with Gasteiger partial charge in [0.2, 0.25) is 5.75 Å². The lowest BCUT2D eigenvalue weighted by molar-refractivity contribution is -0.385. The second-order valence-corrected chi connectivity index (χ2v) is 9.74. The van der Waals surface area contributed by atoms with Crippen molar-refractivity contribution in [2.75, 3.05) is 6.61 Å². The van der Waals surface area contributed by atoms with Gasteiger partial charge in [-0.1, -0.05) is 60.1 Å². The molecule has 0 aliphatic rings. The molecule has 0 atom stereocenters. The third-order valence-electron chi connectivity index (χ3n) is 5.05. The zero-order chi connectivity index (χ0) is 23.2. The maximum atomic E-state index is 11.1. The number of hydrogen-bond donors (Lipinski definition) is 1. The lowest BCUT2D eigenvalue weighted by Crippen LogP contribution is -2.24. The molecule has 0 aromatic heterocycles. The van der Waals surface area contributed by atoms with Crippen LogP contribution in [0, 0.1) is 15.5 Å². The quantitative estimate of drug-likeness (QED) is 0.204. The molecule has 0 radical (unpaired) electrons.